The summed E-state index contributed by atoms with van der Waals surface area (Å²) >= 11 is 0. The van der Waals surface area contributed by atoms with Crippen LogP contribution in [-0.4, -0.2) is 37.1 Å². The molecule has 8 atom stereocenters. The van der Waals surface area contributed by atoms with Crippen molar-refractivity contribution in [2.24, 2.45) is 0 Å². The summed E-state index contributed by atoms with van der Waals surface area (Å²) in [4.78, 5) is 58.4. The van der Waals surface area contributed by atoms with Crippen molar-refractivity contribution in [3.8, 4) is 34.5 Å². The number of carbonyl (C=O) groups is 4. The molecule has 0 amide bonds. The number of hydrogen-bond donors (Lipinski definition) is 0. The van der Waals surface area contributed by atoms with Crippen LogP contribution in [0.5, 0.6) is 34.5 Å². The van der Waals surface area contributed by atoms with Gasteiger partial charge in [0.05, 0.1) is 13.2 Å². The zero-order valence-corrected chi connectivity index (χ0v) is 29.8. The molecule has 0 saturated carbocycles. The number of benzene rings is 4. The van der Waals surface area contributed by atoms with Gasteiger partial charge in [0, 0.05) is 0 Å². The quantitative estimate of drug-likeness (QED) is 0.0790. The van der Waals surface area contributed by atoms with E-state index in [9.17, 15) is 19.2 Å². The van der Waals surface area contributed by atoms with E-state index in [2.05, 4.69) is 0 Å². The SMILES string of the molecule is CCOc1ccc(C(=O)Oc2ccc(OC(=O)[C]34[CH]5[CH]6[CH]7[CH]3[Fe]6754389%10[CH]4[CH]3[CH]8[C]9(C(=O)Oc3ccc(OC(=O)c5ccc(OCC)cc5)cc3)[CH]4%10)cc2)cc1. The van der Waals surface area contributed by atoms with E-state index in [-0.39, 0.29) is 11.9 Å². The molecular weight excluding hydrogens is 720 g/mol. The van der Waals surface area contributed by atoms with Gasteiger partial charge in [-0.2, -0.15) is 0 Å². The first-order valence-corrected chi connectivity index (χ1v) is 24.5. The molecule has 0 aromatic heterocycles. The van der Waals surface area contributed by atoms with Crippen molar-refractivity contribution in [2.45, 2.75) is 61.0 Å². The maximum absolute atomic E-state index is 14.4. The summed E-state index contributed by atoms with van der Waals surface area (Å²) < 4.78 is 33.6. The second-order valence-corrected chi connectivity index (χ2v) is 41.4. The molecule has 270 valence electrons. The third-order valence-corrected chi connectivity index (χ3v) is 63.3. The van der Waals surface area contributed by atoms with Gasteiger partial charge in [-0.05, 0) is 13.8 Å². The number of hydrogen-bond acceptors (Lipinski definition) is 10. The molecule has 53 heavy (non-hydrogen) atoms. The van der Waals surface area contributed by atoms with E-state index in [4.69, 9.17) is 28.4 Å². The van der Waals surface area contributed by atoms with Crippen molar-refractivity contribution < 1.29 is 54.1 Å². The Morgan fingerprint density at radius 2 is 0.736 bits per heavy atom. The van der Waals surface area contributed by atoms with E-state index in [1.807, 2.05) is 13.8 Å². The Morgan fingerprint density at radius 3 is 1.02 bits per heavy atom. The average Bonchev–Trinajstić information content (AvgIpc) is 4.12. The molecular formula is C42H34FeO10. The Bertz CT molecular complexity index is 2620. The van der Waals surface area contributed by atoms with E-state index in [0.29, 0.717) is 97.4 Å². The van der Waals surface area contributed by atoms with Gasteiger partial charge in [0.25, 0.3) is 0 Å². The topological polar surface area (TPSA) is 124 Å². The Labute approximate surface area is 293 Å². The van der Waals surface area contributed by atoms with Crippen molar-refractivity contribution in [2.75, 3.05) is 13.2 Å². The van der Waals surface area contributed by atoms with Crippen LogP contribution < -0.4 is 28.4 Å². The van der Waals surface area contributed by atoms with Gasteiger partial charge >= 0.3 is 247 Å². The number of rotatable bonds is 12. The average molecular weight is 755 g/mol. The molecule has 10 heterocycles. The molecule has 4 aromatic carbocycles. The van der Waals surface area contributed by atoms with Crippen LogP contribution in [0.15, 0.2) is 97.1 Å². The molecule has 1 spiro atoms. The van der Waals surface area contributed by atoms with Crippen molar-refractivity contribution in [1.82, 2.24) is 0 Å². The summed E-state index contributed by atoms with van der Waals surface area (Å²) in [7, 11) is 0. The minimum absolute atomic E-state index is 0.117. The third-order valence-electron chi connectivity index (χ3n) is 20.7. The van der Waals surface area contributed by atoms with E-state index < -0.39 is 27.1 Å². The summed E-state index contributed by atoms with van der Waals surface area (Å²) in [5, 5.41) is 0. The van der Waals surface area contributed by atoms with Crippen LogP contribution in [0.3, 0.4) is 0 Å². The normalized spacial score (nSPS) is 46.8. The van der Waals surface area contributed by atoms with Gasteiger partial charge in [0.15, 0.2) is 0 Å². The molecule has 14 rings (SSSR count). The van der Waals surface area contributed by atoms with Crippen LogP contribution in [0, 0.1) is 0 Å². The van der Waals surface area contributed by atoms with E-state index >= 15 is 0 Å². The van der Waals surface area contributed by atoms with Crippen molar-refractivity contribution in [3.05, 3.63) is 108 Å². The molecule has 10 saturated heterocycles. The van der Waals surface area contributed by atoms with Crippen LogP contribution in [0.4, 0.5) is 0 Å². The van der Waals surface area contributed by atoms with Crippen molar-refractivity contribution in [3.63, 3.8) is 0 Å². The molecule has 4 aromatic rings. The van der Waals surface area contributed by atoms with Gasteiger partial charge in [-0.15, -0.1) is 0 Å². The van der Waals surface area contributed by atoms with Crippen LogP contribution >= 0.6 is 0 Å². The predicted octanol–water partition coefficient (Wildman–Crippen LogP) is 8.56. The summed E-state index contributed by atoms with van der Waals surface area (Å²) in [5.74, 6) is 1.68. The maximum atomic E-state index is 14.4. The van der Waals surface area contributed by atoms with Gasteiger partial charge in [-0.25, -0.2) is 0 Å². The zero-order chi connectivity index (χ0) is 35.8. The Kier molecular flexibility index (Phi) is 2.86. The summed E-state index contributed by atoms with van der Waals surface area (Å²) in [6.07, 6.45) is 0. The van der Waals surface area contributed by atoms with Crippen LogP contribution in [0.1, 0.15) is 34.6 Å². The molecule has 11 heteroatoms. The monoisotopic (exact) mass is 754 g/mol. The standard InChI is InChI=1S/2C21H17O5.Fe/c2*1-2-24-17-9-7-16(8-10-17)21(23)26-19-13-11-18(12-14-19)25-20(22)15-5-3-4-6-15;/h2*3-14H,2H2,1H3;. The van der Waals surface area contributed by atoms with Crippen molar-refractivity contribution in [1.29, 1.82) is 0 Å². The van der Waals surface area contributed by atoms with Gasteiger partial charge in [-0.3, -0.25) is 0 Å². The van der Waals surface area contributed by atoms with Gasteiger partial charge in [0.1, 0.15) is 11.5 Å². The van der Waals surface area contributed by atoms with E-state index in [1.165, 1.54) is 0 Å². The molecule has 10 aliphatic rings. The fourth-order valence-corrected chi connectivity index (χ4v) is 96.1. The molecule has 0 aliphatic carbocycles. The third kappa shape index (κ3) is 1.03. The fraction of sp³-hybridized carbons (Fsp3) is 0.333. The van der Waals surface area contributed by atoms with Crippen LogP contribution in [-0.2, 0) is 16.1 Å². The molecule has 10 fully saturated rings. The van der Waals surface area contributed by atoms with Crippen molar-refractivity contribution >= 4 is 23.9 Å². The Morgan fingerprint density at radius 1 is 0.453 bits per heavy atom. The number of ether oxygens (including phenoxy) is 6. The molecule has 10 aliphatic heterocycles. The number of carbonyl (C=O) groups excluding carboxylic acids is 4. The van der Waals surface area contributed by atoms with Crippen LogP contribution in [0.25, 0.3) is 0 Å². The second kappa shape index (κ2) is 5.34. The van der Waals surface area contributed by atoms with Crippen LogP contribution in [0.2, 0.25) is 47.2 Å². The Hall–Kier alpha value is -5.12. The first-order valence-electron chi connectivity index (χ1n) is 18.3. The van der Waals surface area contributed by atoms with E-state index in [1.54, 1.807) is 97.1 Å². The molecule has 0 bridgehead atoms. The summed E-state index contributed by atoms with van der Waals surface area (Å²) in [5.41, 5.74) is 0.801. The first-order chi connectivity index (χ1) is 25.5. The summed E-state index contributed by atoms with van der Waals surface area (Å²) in [6, 6.07) is 26.8. The van der Waals surface area contributed by atoms with Gasteiger partial charge in [-0.1, -0.05) is 0 Å². The molecule has 0 N–H and O–H groups in total. The van der Waals surface area contributed by atoms with Gasteiger partial charge < -0.3 is 9.47 Å². The first kappa shape index (κ1) is 28.4. The zero-order valence-electron chi connectivity index (χ0n) is 28.7. The van der Waals surface area contributed by atoms with E-state index in [0.717, 1.165) is 0 Å². The summed E-state index contributed by atoms with van der Waals surface area (Å²) in [6.45, 7) is 0.213. The molecule has 10 nitrogen and oxygen atoms in total. The molecule has 8 unspecified atom stereocenters. The van der Waals surface area contributed by atoms with Gasteiger partial charge in [0.2, 0.25) is 0 Å². The number of fused-ring (bicyclic) bond motifs is 10. The predicted molar refractivity (Wildman–Crippen MR) is 185 cm³/mol. The number of esters is 4. The minimum atomic E-state index is -4.65. The second-order valence-electron chi connectivity index (χ2n) is 18.2. The Balaban J connectivity index is 0.686. The fourth-order valence-electron chi connectivity index (χ4n) is 21.2. The molecule has 0 radical (unpaired) electrons.